The molecule has 1 heterocycles. The van der Waals surface area contributed by atoms with E-state index in [2.05, 4.69) is 24.7 Å². The number of rotatable bonds is 9. The number of piperidine rings is 1. The Morgan fingerprint density at radius 2 is 1.79 bits per heavy atom. The standard InChI is InChI=1S/C26H33N3O5/c1-18(2)14-16-34-21-13-12-20(17-22(21)33-3)25(31)27-28-26(32)24(19-9-5-4-6-10-19)29-15-8-7-11-23(29)30/h4-6,9-10,12-13,17-18,24H,7-8,11,14-16H2,1-3H3,(H,27,31)(H,28,32). The van der Waals surface area contributed by atoms with E-state index in [4.69, 9.17) is 9.47 Å². The van der Waals surface area contributed by atoms with Crippen molar-refractivity contribution in [1.82, 2.24) is 15.8 Å². The minimum Gasteiger partial charge on any atom is -0.493 e. The third-order valence-electron chi connectivity index (χ3n) is 5.71. The van der Waals surface area contributed by atoms with Gasteiger partial charge in [0.25, 0.3) is 11.8 Å². The van der Waals surface area contributed by atoms with Crippen molar-refractivity contribution in [3.05, 3.63) is 59.7 Å². The van der Waals surface area contributed by atoms with Gasteiger partial charge in [0.1, 0.15) is 6.04 Å². The molecule has 3 rings (SSSR count). The summed E-state index contributed by atoms with van der Waals surface area (Å²) >= 11 is 0. The van der Waals surface area contributed by atoms with Crippen LogP contribution in [0.4, 0.5) is 0 Å². The number of amides is 3. The highest BCUT2D eigenvalue weighted by Crippen LogP contribution is 2.29. The summed E-state index contributed by atoms with van der Waals surface area (Å²) in [7, 11) is 1.51. The van der Waals surface area contributed by atoms with E-state index in [1.54, 1.807) is 35.2 Å². The van der Waals surface area contributed by atoms with Crippen LogP contribution in [0.3, 0.4) is 0 Å². The zero-order valence-corrected chi connectivity index (χ0v) is 20.0. The molecule has 0 spiro atoms. The van der Waals surface area contributed by atoms with E-state index in [1.165, 1.54) is 7.11 Å². The van der Waals surface area contributed by atoms with Crippen molar-refractivity contribution >= 4 is 17.7 Å². The maximum absolute atomic E-state index is 13.1. The van der Waals surface area contributed by atoms with Gasteiger partial charge in [-0.2, -0.15) is 0 Å². The van der Waals surface area contributed by atoms with E-state index in [-0.39, 0.29) is 5.91 Å². The van der Waals surface area contributed by atoms with Crippen LogP contribution in [0.5, 0.6) is 11.5 Å². The van der Waals surface area contributed by atoms with Crippen molar-refractivity contribution in [3.8, 4) is 11.5 Å². The van der Waals surface area contributed by atoms with Gasteiger partial charge in [0.2, 0.25) is 5.91 Å². The van der Waals surface area contributed by atoms with Crippen LogP contribution < -0.4 is 20.3 Å². The molecule has 8 heteroatoms. The first kappa shape index (κ1) is 25.1. The molecule has 8 nitrogen and oxygen atoms in total. The van der Waals surface area contributed by atoms with E-state index >= 15 is 0 Å². The van der Waals surface area contributed by atoms with E-state index in [0.717, 1.165) is 19.3 Å². The highest BCUT2D eigenvalue weighted by atomic mass is 16.5. The number of carbonyl (C=O) groups is 3. The van der Waals surface area contributed by atoms with Crippen molar-refractivity contribution in [2.24, 2.45) is 5.92 Å². The maximum Gasteiger partial charge on any atom is 0.269 e. The number of likely N-dealkylation sites (tertiary alicyclic amines) is 1. The third-order valence-corrected chi connectivity index (χ3v) is 5.71. The van der Waals surface area contributed by atoms with Gasteiger partial charge in [-0.25, -0.2) is 0 Å². The van der Waals surface area contributed by atoms with E-state index in [9.17, 15) is 14.4 Å². The first-order valence-electron chi connectivity index (χ1n) is 11.7. The van der Waals surface area contributed by atoms with Crippen molar-refractivity contribution < 1.29 is 23.9 Å². The summed E-state index contributed by atoms with van der Waals surface area (Å²) in [6, 6.07) is 13.1. The average molecular weight is 468 g/mol. The number of carbonyl (C=O) groups excluding carboxylic acids is 3. The van der Waals surface area contributed by atoms with Crippen LogP contribution in [0.15, 0.2) is 48.5 Å². The molecular weight excluding hydrogens is 434 g/mol. The quantitative estimate of drug-likeness (QED) is 0.549. The predicted octanol–water partition coefficient (Wildman–Crippen LogP) is 3.63. The largest absolute Gasteiger partial charge is 0.493 e. The lowest BCUT2D eigenvalue weighted by molar-refractivity contribution is -0.143. The molecule has 1 fully saturated rings. The van der Waals surface area contributed by atoms with Crippen molar-refractivity contribution in [2.75, 3.05) is 20.3 Å². The van der Waals surface area contributed by atoms with E-state index < -0.39 is 17.9 Å². The lowest BCUT2D eigenvalue weighted by atomic mass is 10.0. The summed E-state index contributed by atoms with van der Waals surface area (Å²) in [5.74, 6) is 0.451. The molecule has 0 bridgehead atoms. The first-order chi connectivity index (χ1) is 16.4. The molecule has 1 aliphatic rings. The summed E-state index contributed by atoms with van der Waals surface area (Å²) in [5, 5.41) is 0. The van der Waals surface area contributed by atoms with Crippen molar-refractivity contribution in [1.29, 1.82) is 0 Å². The van der Waals surface area contributed by atoms with Gasteiger partial charge in [-0.1, -0.05) is 44.2 Å². The summed E-state index contributed by atoms with van der Waals surface area (Å²) in [6.07, 6.45) is 2.96. The van der Waals surface area contributed by atoms with Gasteiger partial charge in [-0.3, -0.25) is 25.2 Å². The fraction of sp³-hybridized carbons (Fsp3) is 0.423. The van der Waals surface area contributed by atoms with Gasteiger partial charge in [-0.15, -0.1) is 0 Å². The molecule has 0 saturated carbocycles. The van der Waals surface area contributed by atoms with Crippen LogP contribution in [0.25, 0.3) is 0 Å². The Kier molecular flexibility index (Phi) is 8.90. The van der Waals surface area contributed by atoms with Crippen LogP contribution in [-0.2, 0) is 9.59 Å². The summed E-state index contributed by atoms with van der Waals surface area (Å²) < 4.78 is 11.1. The maximum atomic E-state index is 13.1. The number of nitrogens with one attached hydrogen (secondary N) is 2. The normalized spacial score (nSPS) is 14.5. The number of benzene rings is 2. The fourth-order valence-corrected chi connectivity index (χ4v) is 3.80. The fourth-order valence-electron chi connectivity index (χ4n) is 3.80. The minimum atomic E-state index is -0.819. The lowest BCUT2D eigenvalue weighted by Gasteiger charge is -2.34. The highest BCUT2D eigenvalue weighted by Gasteiger charge is 2.32. The van der Waals surface area contributed by atoms with Crippen LogP contribution in [0, 0.1) is 5.92 Å². The van der Waals surface area contributed by atoms with Crippen molar-refractivity contribution in [2.45, 2.75) is 45.6 Å². The van der Waals surface area contributed by atoms with E-state index in [1.807, 2.05) is 18.2 Å². The van der Waals surface area contributed by atoms with Crippen molar-refractivity contribution in [3.63, 3.8) is 0 Å². The number of hydrogen-bond acceptors (Lipinski definition) is 5. The second-order valence-electron chi connectivity index (χ2n) is 8.70. The van der Waals surface area contributed by atoms with Crippen LogP contribution in [0.1, 0.15) is 61.5 Å². The molecule has 0 radical (unpaired) electrons. The Balaban J connectivity index is 1.68. The molecule has 2 aromatic carbocycles. The van der Waals surface area contributed by atoms with Crippen LogP contribution in [0.2, 0.25) is 0 Å². The van der Waals surface area contributed by atoms with E-state index in [0.29, 0.717) is 48.1 Å². The number of ether oxygens (including phenoxy) is 2. The topological polar surface area (TPSA) is 97.0 Å². The number of hydrazine groups is 1. The molecule has 0 aromatic heterocycles. The van der Waals surface area contributed by atoms with Gasteiger partial charge in [0, 0.05) is 18.5 Å². The molecule has 2 aromatic rings. The van der Waals surface area contributed by atoms with Gasteiger partial charge < -0.3 is 14.4 Å². The lowest BCUT2D eigenvalue weighted by Crippen LogP contribution is -2.50. The van der Waals surface area contributed by atoms with Crippen LogP contribution in [-0.4, -0.2) is 42.9 Å². The van der Waals surface area contributed by atoms with Gasteiger partial charge in [-0.05, 0) is 48.9 Å². The molecule has 2 N–H and O–H groups in total. The molecule has 182 valence electrons. The Morgan fingerprint density at radius 3 is 2.47 bits per heavy atom. The predicted molar refractivity (Wildman–Crippen MR) is 128 cm³/mol. The van der Waals surface area contributed by atoms with Crippen LogP contribution >= 0.6 is 0 Å². The molecule has 1 atom stereocenters. The zero-order valence-electron chi connectivity index (χ0n) is 20.0. The average Bonchev–Trinajstić information content (AvgIpc) is 2.84. The zero-order chi connectivity index (χ0) is 24.5. The SMILES string of the molecule is COc1cc(C(=O)NNC(=O)C(c2ccccc2)N2CCCCC2=O)ccc1OCCC(C)C. The number of methoxy groups -OCH3 is 1. The second-order valence-corrected chi connectivity index (χ2v) is 8.70. The molecule has 0 aliphatic carbocycles. The number of hydrogen-bond donors (Lipinski definition) is 2. The molecular formula is C26H33N3O5. The van der Waals surface area contributed by atoms with Gasteiger partial charge in [0.15, 0.2) is 11.5 Å². The highest BCUT2D eigenvalue weighted by molar-refractivity contribution is 5.97. The summed E-state index contributed by atoms with van der Waals surface area (Å²) in [6.45, 7) is 5.28. The summed E-state index contributed by atoms with van der Waals surface area (Å²) in [5.41, 5.74) is 5.94. The molecule has 1 saturated heterocycles. The first-order valence-corrected chi connectivity index (χ1v) is 11.7. The van der Waals surface area contributed by atoms with Gasteiger partial charge in [0.05, 0.1) is 13.7 Å². The smallest absolute Gasteiger partial charge is 0.269 e. The Hall–Kier alpha value is -3.55. The summed E-state index contributed by atoms with van der Waals surface area (Å²) in [4.78, 5) is 39.9. The third kappa shape index (κ3) is 6.50. The number of nitrogens with zero attached hydrogens (tertiary/aromatic N) is 1. The monoisotopic (exact) mass is 467 g/mol. The molecule has 3 amide bonds. The Bertz CT molecular complexity index is 993. The molecule has 1 aliphatic heterocycles. The molecule has 34 heavy (non-hydrogen) atoms. The Labute approximate surface area is 200 Å². The second kappa shape index (κ2) is 12.1. The Morgan fingerprint density at radius 1 is 1.03 bits per heavy atom. The molecule has 1 unspecified atom stereocenters. The minimum absolute atomic E-state index is 0.0700. The van der Waals surface area contributed by atoms with Gasteiger partial charge >= 0.3 is 0 Å².